The normalized spacial score (nSPS) is 15.5. The molecule has 0 bridgehead atoms. The van der Waals surface area contributed by atoms with Crippen molar-refractivity contribution >= 4 is 11.5 Å². The number of aryl methyl sites for hydroxylation is 1. The molecule has 0 radical (unpaired) electrons. The van der Waals surface area contributed by atoms with Crippen LogP contribution in [0.2, 0.25) is 0 Å². The third kappa shape index (κ3) is 2.98. The van der Waals surface area contributed by atoms with Crippen molar-refractivity contribution in [1.29, 1.82) is 0 Å². The number of aromatic amines is 1. The highest BCUT2D eigenvalue weighted by atomic mass is 15.6. The summed E-state index contributed by atoms with van der Waals surface area (Å²) < 4.78 is 0. The molecule has 1 aliphatic rings. The second-order valence-electron chi connectivity index (χ2n) is 7.45. The molecule has 5 rings (SSSR count). The van der Waals surface area contributed by atoms with Gasteiger partial charge in [0, 0.05) is 18.3 Å². The molecule has 2 aromatic heterocycles. The summed E-state index contributed by atoms with van der Waals surface area (Å²) >= 11 is 0. The van der Waals surface area contributed by atoms with Gasteiger partial charge in [-0.05, 0) is 47.4 Å². The van der Waals surface area contributed by atoms with Crippen LogP contribution in [-0.2, 0) is 6.54 Å². The summed E-state index contributed by atoms with van der Waals surface area (Å²) in [5.74, 6) is 7.84. The van der Waals surface area contributed by atoms with E-state index in [2.05, 4.69) is 74.7 Å². The fraction of sp³-hybridized carbons (Fsp3) is 0.182. The number of nitrogens with two attached hydrogens (primary N) is 1. The van der Waals surface area contributed by atoms with E-state index in [-0.39, 0.29) is 6.17 Å². The molecule has 30 heavy (non-hydrogen) atoms. The SMILES string of the molecule is Cc1ccnc2c1N(N)C(C)N2Cc1ccc(-c2ccccc2-c2nn[nH]n2)cc1. The van der Waals surface area contributed by atoms with Crippen molar-refractivity contribution in [2.24, 2.45) is 5.84 Å². The van der Waals surface area contributed by atoms with Gasteiger partial charge < -0.3 is 4.90 Å². The van der Waals surface area contributed by atoms with E-state index >= 15 is 0 Å². The number of nitrogens with one attached hydrogen (secondary N) is 1. The molecular formula is C22H22N8. The molecule has 3 N–H and O–H groups in total. The molecule has 3 heterocycles. The standard InChI is InChI=1S/C22H22N8/c1-14-11-12-24-22-20(14)30(23)15(2)29(22)13-16-7-9-17(10-8-16)18-5-3-4-6-19(18)21-25-27-28-26-21/h3-12,15H,13,23H2,1-2H3,(H,25,26,27,28). The largest absolute Gasteiger partial charge is 0.329 e. The van der Waals surface area contributed by atoms with Crippen LogP contribution in [0.5, 0.6) is 0 Å². The van der Waals surface area contributed by atoms with Gasteiger partial charge in [-0.3, -0.25) is 5.01 Å². The molecule has 8 nitrogen and oxygen atoms in total. The number of hydrogen-bond donors (Lipinski definition) is 2. The second-order valence-corrected chi connectivity index (χ2v) is 7.45. The van der Waals surface area contributed by atoms with Crippen LogP contribution in [0.15, 0.2) is 60.8 Å². The zero-order valence-electron chi connectivity index (χ0n) is 16.8. The Hall–Kier alpha value is -3.78. The molecule has 0 spiro atoms. The van der Waals surface area contributed by atoms with Crippen molar-refractivity contribution in [3.8, 4) is 22.5 Å². The van der Waals surface area contributed by atoms with E-state index < -0.39 is 0 Å². The van der Waals surface area contributed by atoms with Gasteiger partial charge in [-0.1, -0.05) is 48.5 Å². The van der Waals surface area contributed by atoms with E-state index in [1.165, 1.54) is 5.56 Å². The Labute approximate surface area is 174 Å². The van der Waals surface area contributed by atoms with Crippen molar-refractivity contribution in [3.05, 3.63) is 71.9 Å². The van der Waals surface area contributed by atoms with E-state index in [9.17, 15) is 0 Å². The van der Waals surface area contributed by atoms with Crippen molar-refractivity contribution in [3.63, 3.8) is 0 Å². The van der Waals surface area contributed by atoms with Crippen LogP contribution in [-0.4, -0.2) is 31.8 Å². The third-order valence-electron chi connectivity index (χ3n) is 5.62. The van der Waals surface area contributed by atoms with Crippen LogP contribution in [0.3, 0.4) is 0 Å². The molecule has 1 atom stereocenters. The Morgan fingerprint density at radius 1 is 1.03 bits per heavy atom. The monoisotopic (exact) mass is 398 g/mol. The Kier molecular flexibility index (Phi) is 4.40. The molecule has 150 valence electrons. The number of benzene rings is 2. The first-order valence-electron chi connectivity index (χ1n) is 9.82. The van der Waals surface area contributed by atoms with Crippen molar-refractivity contribution in [1.82, 2.24) is 25.6 Å². The summed E-state index contributed by atoms with van der Waals surface area (Å²) in [7, 11) is 0. The molecule has 2 aromatic carbocycles. The molecule has 0 saturated carbocycles. The molecule has 0 fully saturated rings. The topological polar surface area (TPSA) is 99.9 Å². The van der Waals surface area contributed by atoms with E-state index in [0.717, 1.165) is 40.3 Å². The first kappa shape index (κ1) is 18.3. The summed E-state index contributed by atoms with van der Waals surface area (Å²) in [5.41, 5.74) is 6.42. The van der Waals surface area contributed by atoms with Crippen LogP contribution < -0.4 is 15.8 Å². The number of H-pyrrole nitrogens is 1. The van der Waals surface area contributed by atoms with Gasteiger partial charge in [-0.15, -0.1) is 10.2 Å². The summed E-state index contributed by atoms with van der Waals surface area (Å²) in [4.78, 5) is 6.81. The first-order valence-corrected chi connectivity index (χ1v) is 9.82. The smallest absolute Gasteiger partial charge is 0.205 e. The van der Waals surface area contributed by atoms with Gasteiger partial charge in [-0.2, -0.15) is 5.21 Å². The zero-order valence-corrected chi connectivity index (χ0v) is 16.8. The highest BCUT2D eigenvalue weighted by Gasteiger charge is 2.33. The molecule has 1 aliphatic heterocycles. The van der Waals surface area contributed by atoms with Crippen molar-refractivity contribution in [2.45, 2.75) is 26.6 Å². The number of hydrogen-bond acceptors (Lipinski definition) is 7. The van der Waals surface area contributed by atoms with Crippen LogP contribution in [0.4, 0.5) is 11.5 Å². The minimum Gasteiger partial charge on any atom is -0.329 e. The van der Waals surface area contributed by atoms with Gasteiger partial charge in [0.25, 0.3) is 0 Å². The van der Waals surface area contributed by atoms with Gasteiger partial charge in [0.15, 0.2) is 5.82 Å². The van der Waals surface area contributed by atoms with Crippen LogP contribution in [0, 0.1) is 6.92 Å². The number of hydrazine groups is 1. The summed E-state index contributed by atoms with van der Waals surface area (Å²) in [6.45, 7) is 4.88. The van der Waals surface area contributed by atoms with E-state index in [1.807, 2.05) is 30.5 Å². The number of rotatable bonds is 4. The van der Waals surface area contributed by atoms with Gasteiger partial charge >= 0.3 is 0 Å². The fourth-order valence-electron chi connectivity index (χ4n) is 3.98. The molecule has 0 aliphatic carbocycles. The lowest BCUT2D eigenvalue weighted by Crippen LogP contribution is -2.44. The number of nitrogens with zero attached hydrogens (tertiary/aromatic N) is 6. The maximum Gasteiger partial charge on any atom is 0.205 e. The lowest BCUT2D eigenvalue weighted by Gasteiger charge is -2.26. The minimum absolute atomic E-state index is 0.0345. The first-order chi connectivity index (χ1) is 14.6. The zero-order chi connectivity index (χ0) is 20.7. The molecule has 0 amide bonds. The summed E-state index contributed by atoms with van der Waals surface area (Å²) in [6.07, 6.45) is 1.87. The van der Waals surface area contributed by atoms with E-state index in [1.54, 1.807) is 5.01 Å². The highest BCUT2D eigenvalue weighted by Crippen LogP contribution is 2.39. The molecular weight excluding hydrogens is 376 g/mol. The maximum atomic E-state index is 6.33. The number of aromatic nitrogens is 5. The van der Waals surface area contributed by atoms with Crippen LogP contribution in [0.1, 0.15) is 18.1 Å². The Balaban J connectivity index is 1.44. The van der Waals surface area contributed by atoms with Crippen molar-refractivity contribution in [2.75, 3.05) is 9.91 Å². The minimum atomic E-state index is 0.0345. The van der Waals surface area contributed by atoms with E-state index in [4.69, 9.17) is 5.84 Å². The average molecular weight is 398 g/mol. The van der Waals surface area contributed by atoms with Crippen LogP contribution >= 0.6 is 0 Å². The van der Waals surface area contributed by atoms with Gasteiger partial charge in [0.1, 0.15) is 6.17 Å². The highest BCUT2D eigenvalue weighted by molar-refractivity contribution is 5.80. The summed E-state index contributed by atoms with van der Waals surface area (Å²) in [5, 5.41) is 16.2. The third-order valence-corrected chi connectivity index (χ3v) is 5.62. The Morgan fingerprint density at radius 3 is 2.53 bits per heavy atom. The lowest BCUT2D eigenvalue weighted by atomic mass is 9.98. The van der Waals surface area contributed by atoms with E-state index in [0.29, 0.717) is 5.82 Å². The fourth-order valence-corrected chi connectivity index (χ4v) is 3.98. The average Bonchev–Trinajstić information content (AvgIpc) is 3.39. The lowest BCUT2D eigenvalue weighted by molar-refractivity contribution is 0.629. The predicted molar refractivity (Wildman–Crippen MR) is 116 cm³/mol. The summed E-state index contributed by atoms with van der Waals surface area (Å²) in [6, 6.07) is 18.6. The van der Waals surface area contributed by atoms with Crippen molar-refractivity contribution < 1.29 is 0 Å². The molecule has 8 heteroatoms. The van der Waals surface area contributed by atoms with Crippen LogP contribution in [0.25, 0.3) is 22.5 Å². The number of fused-ring (bicyclic) bond motifs is 1. The quantitative estimate of drug-likeness (QED) is 0.509. The molecule has 0 saturated heterocycles. The Bertz CT molecular complexity index is 1170. The molecule has 4 aromatic rings. The number of anilines is 2. The number of pyridine rings is 1. The maximum absolute atomic E-state index is 6.33. The second kappa shape index (κ2) is 7.23. The van der Waals surface area contributed by atoms with Gasteiger partial charge in [-0.25, -0.2) is 10.8 Å². The Morgan fingerprint density at radius 2 is 1.80 bits per heavy atom. The van der Waals surface area contributed by atoms with Gasteiger partial charge in [0.05, 0.1) is 5.69 Å². The predicted octanol–water partition coefficient (Wildman–Crippen LogP) is 3.28. The number of tetrazole rings is 1. The van der Waals surface area contributed by atoms with Gasteiger partial charge in [0.2, 0.25) is 5.82 Å². The molecule has 1 unspecified atom stereocenters.